The Morgan fingerprint density at radius 2 is 2.19 bits per heavy atom. The second kappa shape index (κ2) is 6.32. The van der Waals surface area contributed by atoms with E-state index >= 15 is 0 Å². The molecule has 0 aliphatic carbocycles. The third-order valence-corrected chi connectivity index (χ3v) is 3.18. The number of aromatic nitrogens is 2. The maximum atomic E-state index is 12.4. The van der Waals surface area contributed by atoms with Gasteiger partial charge in [-0.3, -0.25) is 4.79 Å². The zero-order valence-electron chi connectivity index (χ0n) is 11.5. The van der Waals surface area contributed by atoms with Gasteiger partial charge >= 0.3 is 0 Å². The SMILES string of the molecule is O=C(c1cccc(Nc2n[c]ccn2)c1)N1CCOCC1. The number of hydrogen-bond donors (Lipinski definition) is 1. The number of amides is 1. The van der Waals surface area contributed by atoms with Crippen molar-refractivity contribution in [3.63, 3.8) is 0 Å². The van der Waals surface area contributed by atoms with Crippen LogP contribution in [0.25, 0.3) is 0 Å². The molecule has 2 heterocycles. The normalized spacial score (nSPS) is 14.8. The molecular weight excluding hydrogens is 268 g/mol. The number of hydrogen-bond acceptors (Lipinski definition) is 5. The van der Waals surface area contributed by atoms with E-state index in [1.54, 1.807) is 29.3 Å². The van der Waals surface area contributed by atoms with E-state index in [1.165, 1.54) is 0 Å². The predicted octanol–water partition coefficient (Wildman–Crippen LogP) is 1.49. The molecule has 6 nitrogen and oxygen atoms in total. The minimum atomic E-state index is 0.0162. The van der Waals surface area contributed by atoms with Crippen LogP contribution >= 0.6 is 0 Å². The Morgan fingerprint density at radius 3 is 2.95 bits per heavy atom. The Kier molecular flexibility index (Phi) is 4.07. The Morgan fingerprint density at radius 1 is 1.33 bits per heavy atom. The van der Waals surface area contributed by atoms with Gasteiger partial charge in [0.2, 0.25) is 5.95 Å². The second-order valence-electron chi connectivity index (χ2n) is 4.62. The molecule has 1 N–H and O–H groups in total. The van der Waals surface area contributed by atoms with Gasteiger partial charge in [-0.25, -0.2) is 9.97 Å². The van der Waals surface area contributed by atoms with E-state index in [9.17, 15) is 4.79 Å². The molecule has 3 rings (SSSR count). The highest BCUT2D eigenvalue weighted by molar-refractivity contribution is 5.95. The van der Waals surface area contributed by atoms with Gasteiger partial charge in [0.05, 0.1) is 19.4 Å². The van der Waals surface area contributed by atoms with E-state index in [2.05, 4.69) is 21.5 Å². The molecule has 0 atom stereocenters. The molecule has 1 aromatic carbocycles. The standard InChI is InChI=1S/C15H15N4O2/c20-14(19-7-9-21-10-8-19)12-3-1-4-13(11-12)18-15-16-5-2-6-17-15/h1-5,11H,7-10H2,(H,16,17,18). The molecule has 1 fully saturated rings. The lowest BCUT2D eigenvalue weighted by Crippen LogP contribution is -2.40. The molecule has 0 unspecified atom stereocenters. The minimum Gasteiger partial charge on any atom is -0.378 e. The van der Waals surface area contributed by atoms with Crippen LogP contribution in [0.4, 0.5) is 11.6 Å². The Bertz CT molecular complexity index is 612. The molecule has 1 aliphatic heterocycles. The van der Waals surface area contributed by atoms with Crippen LogP contribution in [-0.2, 0) is 4.74 Å². The van der Waals surface area contributed by atoms with Crippen molar-refractivity contribution in [1.82, 2.24) is 14.9 Å². The van der Waals surface area contributed by atoms with Gasteiger partial charge in [0, 0.05) is 30.5 Å². The number of rotatable bonds is 3. The van der Waals surface area contributed by atoms with Crippen LogP contribution in [0.15, 0.2) is 36.5 Å². The van der Waals surface area contributed by atoms with E-state index in [0.29, 0.717) is 37.8 Å². The fourth-order valence-electron chi connectivity index (χ4n) is 2.14. The van der Waals surface area contributed by atoms with Crippen LogP contribution < -0.4 is 5.32 Å². The fourth-order valence-corrected chi connectivity index (χ4v) is 2.14. The Balaban J connectivity index is 1.75. The molecule has 1 saturated heterocycles. The smallest absolute Gasteiger partial charge is 0.254 e. The predicted molar refractivity (Wildman–Crippen MR) is 77.3 cm³/mol. The summed E-state index contributed by atoms with van der Waals surface area (Å²) in [5.41, 5.74) is 1.41. The van der Waals surface area contributed by atoms with Crippen LogP contribution in [-0.4, -0.2) is 47.1 Å². The Labute approximate surface area is 122 Å². The number of ether oxygens (including phenoxy) is 1. The summed E-state index contributed by atoms with van der Waals surface area (Å²) >= 11 is 0. The lowest BCUT2D eigenvalue weighted by atomic mass is 10.1. The van der Waals surface area contributed by atoms with Crippen LogP contribution in [0, 0.1) is 6.20 Å². The number of nitrogens with one attached hydrogen (secondary N) is 1. The highest BCUT2D eigenvalue weighted by atomic mass is 16.5. The van der Waals surface area contributed by atoms with E-state index < -0.39 is 0 Å². The second-order valence-corrected chi connectivity index (χ2v) is 4.62. The molecule has 1 radical (unpaired) electrons. The highest BCUT2D eigenvalue weighted by Crippen LogP contribution is 2.16. The molecule has 0 spiro atoms. The zero-order chi connectivity index (χ0) is 14.5. The van der Waals surface area contributed by atoms with Gasteiger partial charge in [0.15, 0.2) is 0 Å². The number of carbonyl (C=O) groups excluding carboxylic acids is 1. The quantitative estimate of drug-likeness (QED) is 0.924. The minimum absolute atomic E-state index is 0.0162. The summed E-state index contributed by atoms with van der Waals surface area (Å²) in [5.74, 6) is 0.468. The third kappa shape index (κ3) is 3.35. The zero-order valence-corrected chi connectivity index (χ0v) is 11.5. The van der Waals surface area contributed by atoms with Gasteiger partial charge in [0.25, 0.3) is 5.91 Å². The molecule has 2 aromatic rings. The van der Waals surface area contributed by atoms with Crippen molar-refractivity contribution in [1.29, 1.82) is 0 Å². The largest absolute Gasteiger partial charge is 0.378 e. The van der Waals surface area contributed by atoms with Crippen LogP contribution in [0.3, 0.4) is 0 Å². The summed E-state index contributed by atoms with van der Waals surface area (Å²) in [5, 5.41) is 3.05. The summed E-state index contributed by atoms with van der Waals surface area (Å²) in [7, 11) is 0. The Hall–Kier alpha value is -2.47. The van der Waals surface area contributed by atoms with Crippen molar-refractivity contribution < 1.29 is 9.53 Å². The summed E-state index contributed by atoms with van der Waals surface area (Å²) < 4.78 is 5.26. The molecular formula is C15H15N4O2. The molecule has 1 aromatic heterocycles. The lowest BCUT2D eigenvalue weighted by molar-refractivity contribution is 0.0303. The van der Waals surface area contributed by atoms with Gasteiger partial charge < -0.3 is 15.0 Å². The first-order chi connectivity index (χ1) is 10.3. The highest BCUT2D eigenvalue weighted by Gasteiger charge is 2.18. The fraction of sp³-hybridized carbons (Fsp3) is 0.267. The summed E-state index contributed by atoms with van der Waals surface area (Å²) in [6, 6.07) is 8.94. The molecule has 1 aliphatic rings. The maximum absolute atomic E-state index is 12.4. The van der Waals surface area contributed by atoms with Crippen molar-refractivity contribution in [2.75, 3.05) is 31.6 Å². The average molecular weight is 283 g/mol. The number of carbonyl (C=O) groups is 1. The molecule has 1 amide bonds. The van der Waals surface area contributed by atoms with E-state index in [4.69, 9.17) is 4.74 Å². The number of nitrogens with zero attached hydrogens (tertiary/aromatic N) is 3. The summed E-state index contributed by atoms with van der Waals surface area (Å²) in [4.78, 5) is 22.3. The number of morpholine rings is 1. The van der Waals surface area contributed by atoms with Gasteiger partial charge in [-0.05, 0) is 24.3 Å². The monoisotopic (exact) mass is 283 g/mol. The van der Waals surface area contributed by atoms with Gasteiger partial charge in [0.1, 0.15) is 0 Å². The van der Waals surface area contributed by atoms with E-state index in [1.807, 2.05) is 12.1 Å². The van der Waals surface area contributed by atoms with Crippen LogP contribution in [0.5, 0.6) is 0 Å². The molecule has 0 bridgehead atoms. The summed E-state index contributed by atoms with van der Waals surface area (Å²) in [6.07, 6.45) is 4.32. The third-order valence-electron chi connectivity index (χ3n) is 3.18. The van der Waals surface area contributed by atoms with Crippen molar-refractivity contribution in [2.24, 2.45) is 0 Å². The van der Waals surface area contributed by atoms with E-state index in [-0.39, 0.29) is 5.91 Å². The van der Waals surface area contributed by atoms with Crippen LogP contribution in [0.2, 0.25) is 0 Å². The first kappa shape index (κ1) is 13.5. The molecule has 0 saturated carbocycles. The van der Waals surface area contributed by atoms with Crippen molar-refractivity contribution in [2.45, 2.75) is 0 Å². The van der Waals surface area contributed by atoms with Crippen LogP contribution in [0.1, 0.15) is 10.4 Å². The van der Waals surface area contributed by atoms with Crippen molar-refractivity contribution >= 4 is 17.5 Å². The topological polar surface area (TPSA) is 67.4 Å². The summed E-state index contributed by atoms with van der Waals surface area (Å²) in [6.45, 7) is 2.45. The average Bonchev–Trinajstić information content (AvgIpc) is 2.56. The van der Waals surface area contributed by atoms with Crippen molar-refractivity contribution in [3.8, 4) is 0 Å². The number of anilines is 2. The van der Waals surface area contributed by atoms with Crippen molar-refractivity contribution in [3.05, 3.63) is 48.3 Å². The van der Waals surface area contributed by atoms with Gasteiger partial charge in [-0.1, -0.05) is 6.07 Å². The molecule has 107 valence electrons. The first-order valence-electron chi connectivity index (χ1n) is 6.76. The van der Waals surface area contributed by atoms with Gasteiger partial charge in [-0.2, -0.15) is 0 Å². The van der Waals surface area contributed by atoms with E-state index in [0.717, 1.165) is 5.69 Å². The molecule has 6 heteroatoms. The number of benzene rings is 1. The van der Waals surface area contributed by atoms with Gasteiger partial charge in [-0.15, -0.1) is 0 Å². The first-order valence-corrected chi connectivity index (χ1v) is 6.76. The molecule has 21 heavy (non-hydrogen) atoms. The lowest BCUT2D eigenvalue weighted by Gasteiger charge is -2.27. The maximum Gasteiger partial charge on any atom is 0.254 e.